The van der Waals surface area contributed by atoms with E-state index in [9.17, 15) is 14.9 Å². The van der Waals surface area contributed by atoms with Crippen molar-refractivity contribution in [3.63, 3.8) is 0 Å². The smallest absolute Gasteiger partial charge is 0.269 e. The summed E-state index contributed by atoms with van der Waals surface area (Å²) in [5.41, 5.74) is 3.96. The number of amides is 1. The third-order valence-electron chi connectivity index (χ3n) is 4.85. The van der Waals surface area contributed by atoms with E-state index in [0.717, 1.165) is 16.8 Å². The van der Waals surface area contributed by atoms with Gasteiger partial charge in [0.1, 0.15) is 0 Å². The summed E-state index contributed by atoms with van der Waals surface area (Å²) in [4.78, 5) is 23.2. The van der Waals surface area contributed by atoms with Crippen molar-refractivity contribution in [2.45, 2.75) is 13.0 Å². The molecular weight excluding hydrogens is 392 g/mol. The summed E-state index contributed by atoms with van der Waals surface area (Å²) in [6.45, 7) is 0.444. The second-order valence-electron chi connectivity index (χ2n) is 7.03. The lowest BCUT2D eigenvalue weighted by molar-refractivity contribution is -0.384. The van der Waals surface area contributed by atoms with Gasteiger partial charge >= 0.3 is 0 Å². The zero-order chi connectivity index (χ0) is 21.6. The molecule has 0 aliphatic heterocycles. The van der Waals surface area contributed by atoms with Crippen LogP contribution in [0.25, 0.3) is 16.9 Å². The second kappa shape index (κ2) is 9.04. The highest BCUT2D eigenvalue weighted by Crippen LogP contribution is 2.26. The van der Waals surface area contributed by atoms with E-state index in [4.69, 9.17) is 0 Å². The molecule has 0 aliphatic carbocycles. The molecule has 31 heavy (non-hydrogen) atoms. The molecule has 0 spiro atoms. The minimum absolute atomic E-state index is 0.00777. The van der Waals surface area contributed by atoms with Gasteiger partial charge in [0.15, 0.2) is 0 Å². The third-order valence-corrected chi connectivity index (χ3v) is 4.85. The Balaban J connectivity index is 1.61. The molecule has 0 atom stereocenters. The number of nitro benzene ring substituents is 1. The Morgan fingerprint density at radius 1 is 0.935 bits per heavy atom. The van der Waals surface area contributed by atoms with Crippen LogP contribution in [0.4, 0.5) is 5.69 Å². The summed E-state index contributed by atoms with van der Waals surface area (Å²) in [6, 6.07) is 25.5. The van der Waals surface area contributed by atoms with E-state index in [1.165, 1.54) is 12.1 Å². The highest BCUT2D eigenvalue weighted by atomic mass is 16.6. The monoisotopic (exact) mass is 412 g/mol. The van der Waals surface area contributed by atoms with Gasteiger partial charge in [-0.1, -0.05) is 48.5 Å². The number of aromatic nitrogens is 2. The number of nitrogens with zero attached hydrogens (tertiary/aromatic N) is 3. The molecule has 7 heteroatoms. The second-order valence-corrected chi connectivity index (χ2v) is 7.03. The number of nitrogens with one attached hydrogen (secondary N) is 1. The van der Waals surface area contributed by atoms with Crippen LogP contribution in [0.2, 0.25) is 0 Å². The zero-order valence-electron chi connectivity index (χ0n) is 16.6. The number of carbonyl (C=O) groups is 1. The molecule has 0 bridgehead atoms. The summed E-state index contributed by atoms with van der Waals surface area (Å²) in [7, 11) is 0. The first-order valence-corrected chi connectivity index (χ1v) is 9.79. The Kier molecular flexibility index (Phi) is 5.84. The maximum atomic E-state index is 12.6. The van der Waals surface area contributed by atoms with Crippen LogP contribution >= 0.6 is 0 Å². The molecule has 0 aliphatic rings. The lowest BCUT2D eigenvalue weighted by Crippen LogP contribution is -2.24. The molecule has 0 saturated carbocycles. The summed E-state index contributed by atoms with van der Waals surface area (Å²) >= 11 is 0. The van der Waals surface area contributed by atoms with Gasteiger partial charge in [0.05, 0.1) is 22.7 Å². The Bertz CT molecular complexity index is 1190. The first kappa shape index (κ1) is 20.0. The van der Waals surface area contributed by atoms with Crippen molar-refractivity contribution in [1.29, 1.82) is 0 Å². The van der Waals surface area contributed by atoms with Crippen LogP contribution in [0.15, 0.2) is 91.1 Å². The van der Waals surface area contributed by atoms with E-state index < -0.39 is 4.92 Å². The number of rotatable bonds is 7. The van der Waals surface area contributed by atoms with Crippen molar-refractivity contribution in [3.05, 3.63) is 112 Å². The lowest BCUT2D eigenvalue weighted by Gasteiger charge is -2.06. The topological polar surface area (TPSA) is 90.1 Å². The van der Waals surface area contributed by atoms with Crippen LogP contribution in [-0.2, 0) is 17.8 Å². The van der Waals surface area contributed by atoms with E-state index >= 15 is 0 Å². The highest BCUT2D eigenvalue weighted by molar-refractivity contribution is 5.81. The fourth-order valence-electron chi connectivity index (χ4n) is 3.27. The van der Waals surface area contributed by atoms with Crippen molar-refractivity contribution in [3.8, 4) is 16.9 Å². The van der Waals surface area contributed by atoms with Gasteiger partial charge in [-0.25, -0.2) is 4.68 Å². The van der Waals surface area contributed by atoms with Crippen LogP contribution < -0.4 is 5.32 Å². The molecule has 0 radical (unpaired) electrons. The number of non-ortho nitro benzene ring substituents is 1. The highest BCUT2D eigenvalue weighted by Gasteiger charge is 2.16. The molecule has 0 fully saturated rings. The predicted molar refractivity (Wildman–Crippen MR) is 118 cm³/mol. The molecule has 4 aromatic rings. The fourth-order valence-corrected chi connectivity index (χ4v) is 3.27. The molecule has 1 heterocycles. The largest absolute Gasteiger partial charge is 0.352 e. The van der Waals surface area contributed by atoms with E-state index in [2.05, 4.69) is 10.4 Å². The number of hydrogen-bond acceptors (Lipinski definition) is 4. The Hall–Kier alpha value is -4.26. The van der Waals surface area contributed by atoms with E-state index in [-0.39, 0.29) is 18.0 Å². The molecule has 4 rings (SSSR count). The van der Waals surface area contributed by atoms with Gasteiger partial charge in [0, 0.05) is 36.0 Å². The van der Waals surface area contributed by atoms with Crippen LogP contribution in [-0.4, -0.2) is 20.6 Å². The van der Waals surface area contributed by atoms with Gasteiger partial charge < -0.3 is 5.32 Å². The van der Waals surface area contributed by atoms with Crippen molar-refractivity contribution >= 4 is 11.6 Å². The first-order chi connectivity index (χ1) is 15.1. The molecule has 1 amide bonds. The van der Waals surface area contributed by atoms with E-state index in [1.807, 2.05) is 66.9 Å². The molecule has 1 aromatic heterocycles. The van der Waals surface area contributed by atoms with Crippen LogP contribution in [0, 0.1) is 10.1 Å². The van der Waals surface area contributed by atoms with E-state index in [0.29, 0.717) is 17.8 Å². The van der Waals surface area contributed by atoms with Crippen molar-refractivity contribution in [2.24, 2.45) is 0 Å². The quantitative estimate of drug-likeness (QED) is 0.362. The first-order valence-electron chi connectivity index (χ1n) is 9.79. The lowest BCUT2D eigenvalue weighted by atomic mass is 10.1. The van der Waals surface area contributed by atoms with Gasteiger partial charge in [-0.2, -0.15) is 5.10 Å². The van der Waals surface area contributed by atoms with Crippen LogP contribution in [0.3, 0.4) is 0 Å². The number of nitro groups is 1. The van der Waals surface area contributed by atoms with Crippen molar-refractivity contribution < 1.29 is 9.72 Å². The Morgan fingerprint density at radius 3 is 2.23 bits per heavy atom. The average Bonchev–Trinajstić information content (AvgIpc) is 3.22. The molecule has 1 N–H and O–H groups in total. The predicted octanol–water partition coefficient (Wildman–Crippen LogP) is 4.31. The molecule has 0 saturated heterocycles. The van der Waals surface area contributed by atoms with Crippen LogP contribution in [0.5, 0.6) is 0 Å². The summed E-state index contributed by atoms with van der Waals surface area (Å²) < 4.78 is 1.72. The standard InChI is InChI=1S/C24H20N4O3/c29-23(25-16-18-7-3-1-4-8-18)15-20-17-27(21-9-5-2-6-10-21)26-24(20)19-11-13-22(14-12-19)28(30)31/h1-14,17H,15-16H2,(H,25,29). The molecule has 3 aromatic carbocycles. The van der Waals surface area contributed by atoms with Gasteiger partial charge in [0.2, 0.25) is 5.91 Å². The summed E-state index contributed by atoms with van der Waals surface area (Å²) in [5.74, 6) is -0.125. The number of para-hydroxylation sites is 1. The van der Waals surface area contributed by atoms with E-state index in [1.54, 1.807) is 16.8 Å². The van der Waals surface area contributed by atoms with Crippen molar-refractivity contribution in [1.82, 2.24) is 15.1 Å². The Morgan fingerprint density at radius 2 is 1.58 bits per heavy atom. The number of hydrogen-bond donors (Lipinski definition) is 1. The van der Waals surface area contributed by atoms with Crippen molar-refractivity contribution in [2.75, 3.05) is 0 Å². The summed E-state index contributed by atoms with van der Waals surface area (Å²) in [6.07, 6.45) is 1.97. The summed E-state index contributed by atoms with van der Waals surface area (Å²) in [5, 5.41) is 18.6. The maximum absolute atomic E-state index is 12.6. The maximum Gasteiger partial charge on any atom is 0.269 e. The van der Waals surface area contributed by atoms with Gasteiger partial charge in [-0.15, -0.1) is 0 Å². The third kappa shape index (κ3) is 4.84. The van der Waals surface area contributed by atoms with Gasteiger partial charge in [-0.05, 0) is 29.8 Å². The SMILES string of the molecule is O=C(Cc1cn(-c2ccccc2)nc1-c1ccc([N+](=O)[O-])cc1)NCc1ccccc1. The fraction of sp³-hybridized carbons (Fsp3) is 0.0833. The Labute approximate surface area is 179 Å². The minimum Gasteiger partial charge on any atom is -0.352 e. The van der Waals surface area contributed by atoms with Gasteiger partial charge in [0.25, 0.3) is 5.69 Å². The number of benzene rings is 3. The molecule has 7 nitrogen and oxygen atoms in total. The van der Waals surface area contributed by atoms with Gasteiger partial charge in [-0.3, -0.25) is 14.9 Å². The zero-order valence-corrected chi connectivity index (χ0v) is 16.6. The average molecular weight is 412 g/mol. The molecule has 0 unspecified atom stereocenters. The number of carbonyl (C=O) groups excluding carboxylic acids is 1. The molecule has 154 valence electrons. The minimum atomic E-state index is -0.440. The normalized spacial score (nSPS) is 10.6. The van der Waals surface area contributed by atoms with Crippen LogP contribution in [0.1, 0.15) is 11.1 Å². The molecular formula is C24H20N4O3.